The number of nitrogens with one attached hydrogen (secondary N) is 2. The molecule has 2 aliphatic rings. The first kappa shape index (κ1) is 22.8. The number of aliphatic carboxylic acids is 1. The largest absolute Gasteiger partial charge is 0.479 e. The first-order chi connectivity index (χ1) is 15.9. The molecule has 3 N–H and O–H groups in total. The Labute approximate surface area is 192 Å². The third-order valence-corrected chi connectivity index (χ3v) is 6.28. The van der Waals surface area contributed by atoms with Gasteiger partial charge in [-0.2, -0.15) is 0 Å². The van der Waals surface area contributed by atoms with Crippen molar-refractivity contribution in [1.82, 2.24) is 10.6 Å². The number of fused-ring (bicyclic) bond motifs is 3. The van der Waals surface area contributed by atoms with E-state index in [1.807, 2.05) is 31.2 Å². The van der Waals surface area contributed by atoms with Crippen LogP contribution in [0.15, 0.2) is 48.5 Å². The molecular weight excluding hydrogens is 424 g/mol. The van der Waals surface area contributed by atoms with Crippen molar-refractivity contribution in [3.8, 4) is 11.1 Å². The molecule has 8 nitrogen and oxygen atoms in total. The lowest BCUT2D eigenvalue weighted by molar-refractivity contribution is -0.147. The Balaban J connectivity index is 1.25. The van der Waals surface area contributed by atoms with Gasteiger partial charge in [0.2, 0.25) is 5.91 Å². The van der Waals surface area contributed by atoms with Crippen LogP contribution in [0.1, 0.15) is 36.8 Å². The van der Waals surface area contributed by atoms with Crippen LogP contribution in [-0.4, -0.2) is 55.0 Å². The molecule has 2 aromatic carbocycles. The van der Waals surface area contributed by atoms with E-state index in [9.17, 15) is 19.5 Å². The number of hydrogen-bond donors (Lipinski definition) is 3. The van der Waals surface area contributed by atoms with Crippen LogP contribution in [0.4, 0.5) is 4.79 Å². The molecule has 1 saturated heterocycles. The molecule has 1 aliphatic heterocycles. The summed E-state index contributed by atoms with van der Waals surface area (Å²) in [5.74, 6) is -1.70. The van der Waals surface area contributed by atoms with E-state index in [0.717, 1.165) is 22.3 Å². The Morgan fingerprint density at radius 1 is 1.12 bits per heavy atom. The summed E-state index contributed by atoms with van der Waals surface area (Å²) in [6.07, 6.45) is -0.227. The molecule has 0 radical (unpaired) electrons. The minimum Gasteiger partial charge on any atom is -0.479 e. The van der Waals surface area contributed by atoms with Crippen molar-refractivity contribution in [2.75, 3.05) is 26.4 Å². The third kappa shape index (κ3) is 4.85. The standard InChI is InChI=1S/C25H28N2O6/c1-16(12-22(28)27-25(23(29)30)10-11-32-15-25)13-26-24(31)33-14-21-19-8-4-2-6-17(19)18-7-3-5-9-20(18)21/h2-9,16,21H,10-15H2,1H3,(H,26,31)(H,27,28)(H,29,30). The van der Waals surface area contributed by atoms with Gasteiger partial charge in [-0.05, 0) is 28.2 Å². The van der Waals surface area contributed by atoms with Crippen LogP contribution in [-0.2, 0) is 19.1 Å². The molecule has 0 spiro atoms. The van der Waals surface area contributed by atoms with Crippen molar-refractivity contribution in [2.45, 2.75) is 31.2 Å². The fourth-order valence-corrected chi connectivity index (χ4v) is 4.50. The monoisotopic (exact) mass is 452 g/mol. The highest BCUT2D eigenvalue weighted by Gasteiger charge is 2.44. The second kappa shape index (κ2) is 9.62. The Hall–Kier alpha value is -3.39. The summed E-state index contributed by atoms with van der Waals surface area (Å²) in [7, 11) is 0. The van der Waals surface area contributed by atoms with Gasteiger partial charge in [0, 0.05) is 31.9 Å². The van der Waals surface area contributed by atoms with Crippen LogP contribution in [0.25, 0.3) is 11.1 Å². The van der Waals surface area contributed by atoms with Crippen LogP contribution in [0.2, 0.25) is 0 Å². The van der Waals surface area contributed by atoms with Crippen molar-refractivity contribution >= 4 is 18.0 Å². The summed E-state index contributed by atoms with van der Waals surface area (Å²) in [6.45, 7) is 2.52. The molecule has 2 amide bonds. The summed E-state index contributed by atoms with van der Waals surface area (Å²) in [4.78, 5) is 36.2. The molecule has 2 unspecified atom stereocenters. The maximum Gasteiger partial charge on any atom is 0.407 e. The molecular formula is C25H28N2O6. The molecule has 33 heavy (non-hydrogen) atoms. The van der Waals surface area contributed by atoms with Crippen molar-refractivity contribution in [1.29, 1.82) is 0 Å². The number of rotatable bonds is 8. The van der Waals surface area contributed by atoms with Gasteiger partial charge >= 0.3 is 12.1 Å². The summed E-state index contributed by atoms with van der Waals surface area (Å²) in [6, 6.07) is 16.2. The molecule has 0 bridgehead atoms. The van der Waals surface area contributed by atoms with Crippen LogP contribution >= 0.6 is 0 Å². The predicted molar refractivity (Wildman–Crippen MR) is 121 cm³/mol. The fraction of sp³-hybridized carbons (Fsp3) is 0.400. The highest BCUT2D eigenvalue weighted by Crippen LogP contribution is 2.44. The van der Waals surface area contributed by atoms with E-state index in [-0.39, 0.29) is 50.3 Å². The number of amides is 2. The molecule has 1 fully saturated rings. The van der Waals surface area contributed by atoms with Gasteiger partial charge in [-0.25, -0.2) is 9.59 Å². The SMILES string of the molecule is CC(CNC(=O)OCC1c2ccccc2-c2ccccc21)CC(=O)NC1(C(=O)O)CCOC1. The zero-order chi connectivity index (χ0) is 23.4. The topological polar surface area (TPSA) is 114 Å². The molecule has 0 aromatic heterocycles. The van der Waals surface area contributed by atoms with E-state index < -0.39 is 17.6 Å². The zero-order valence-corrected chi connectivity index (χ0v) is 18.5. The van der Waals surface area contributed by atoms with Gasteiger partial charge in [-0.3, -0.25) is 4.79 Å². The van der Waals surface area contributed by atoms with Crippen LogP contribution in [0.5, 0.6) is 0 Å². The number of carboxylic acid groups (broad SMARTS) is 1. The maximum atomic E-state index is 12.3. The highest BCUT2D eigenvalue weighted by atomic mass is 16.5. The summed E-state index contributed by atoms with van der Waals surface area (Å²) < 4.78 is 10.7. The van der Waals surface area contributed by atoms with E-state index in [1.54, 1.807) is 0 Å². The average molecular weight is 453 g/mol. The Kier molecular flexibility index (Phi) is 6.65. The van der Waals surface area contributed by atoms with Gasteiger partial charge in [0.15, 0.2) is 5.54 Å². The minimum absolute atomic E-state index is 0.0211. The van der Waals surface area contributed by atoms with Crippen molar-refractivity contribution in [2.24, 2.45) is 5.92 Å². The summed E-state index contributed by atoms with van der Waals surface area (Å²) in [5.41, 5.74) is 3.23. The quantitative estimate of drug-likeness (QED) is 0.568. The molecule has 174 valence electrons. The molecule has 2 atom stereocenters. The van der Waals surface area contributed by atoms with Crippen LogP contribution in [0, 0.1) is 5.92 Å². The lowest BCUT2D eigenvalue weighted by atomic mass is 9.98. The first-order valence-corrected chi connectivity index (χ1v) is 11.1. The van der Waals surface area contributed by atoms with E-state index in [2.05, 4.69) is 34.9 Å². The second-order valence-electron chi connectivity index (χ2n) is 8.75. The minimum atomic E-state index is -1.36. The van der Waals surface area contributed by atoms with E-state index in [1.165, 1.54) is 0 Å². The van der Waals surface area contributed by atoms with Gasteiger partial charge in [-0.15, -0.1) is 0 Å². The number of hydrogen-bond acceptors (Lipinski definition) is 5. The van der Waals surface area contributed by atoms with E-state index >= 15 is 0 Å². The van der Waals surface area contributed by atoms with Crippen LogP contribution < -0.4 is 10.6 Å². The van der Waals surface area contributed by atoms with E-state index in [4.69, 9.17) is 9.47 Å². The van der Waals surface area contributed by atoms with Gasteiger partial charge in [0.05, 0.1) is 6.61 Å². The van der Waals surface area contributed by atoms with Gasteiger partial charge in [0.1, 0.15) is 6.61 Å². The smallest absolute Gasteiger partial charge is 0.407 e. The molecule has 1 heterocycles. The molecule has 2 aromatic rings. The third-order valence-electron chi connectivity index (χ3n) is 6.28. The molecule has 8 heteroatoms. The first-order valence-electron chi connectivity index (χ1n) is 11.1. The average Bonchev–Trinajstić information content (AvgIpc) is 3.40. The normalized spacial score (nSPS) is 19.9. The lowest BCUT2D eigenvalue weighted by Crippen LogP contribution is -2.55. The number of carboxylic acids is 1. The van der Waals surface area contributed by atoms with E-state index in [0.29, 0.717) is 6.61 Å². The van der Waals surface area contributed by atoms with Crippen molar-refractivity contribution in [3.05, 3.63) is 59.7 Å². The number of carbonyl (C=O) groups is 3. The summed E-state index contributed by atoms with van der Waals surface area (Å²) in [5, 5.41) is 14.7. The molecule has 4 rings (SSSR count). The van der Waals surface area contributed by atoms with Gasteiger partial charge < -0.3 is 25.2 Å². The van der Waals surface area contributed by atoms with Crippen LogP contribution in [0.3, 0.4) is 0 Å². The number of carbonyl (C=O) groups excluding carboxylic acids is 2. The number of ether oxygens (including phenoxy) is 2. The number of benzene rings is 2. The predicted octanol–water partition coefficient (Wildman–Crippen LogP) is 2.91. The molecule has 1 aliphatic carbocycles. The van der Waals surface area contributed by atoms with Gasteiger partial charge in [-0.1, -0.05) is 55.5 Å². The number of alkyl carbamates (subject to hydrolysis) is 1. The van der Waals surface area contributed by atoms with Crippen molar-refractivity contribution in [3.63, 3.8) is 0 Å². The summed E-state index contributed by atoms with van der Waals surface area (Å²) >= 11 is 0. The highest BCUT2D eigenvalue weighted by molar-refractivity contribution is 5.87. The van der Waals surface area contributed by atoms with Gasteiger partial charge in [0.25, 0.3) is 0 Å². The maximum absolute atomic E-state index is 12.3. The Bertz CT molecular complexity index is 1000. The fourth-order valence-electron chi connectivity index (χ4n) is 4.50. The second-order valence-corrected chi connectivity index (χ2v) is 8.75. The Morgan fingerprint density at radius 3 is 2.33 bits per heavy atom. The Morgan fingerprint density at radius 2 is 1.76 bits per heavy atom. The zero-order valence-electron chi connectivity index (χ0n) is 18.5. The molecule has 0 saturated carbocycles. The lowest BCUT2D eigenvalue weighted by Gasteiger charge is -2.24. The van der Waals surface area contributed by atoms with Crippen molar-refractivity contribution < 1.29 is 29.0 Å².